The van der Waals surface area contributed by atoms with Gasteiger partial charge in [-0.3, -0.25) is 0 Å². The molecule has 1 unspecified atom stereocenters. The second-order valence-electron chi connectivity index (χ2n) is 6.23. The van der Waals surface area contributed by atoms with Crippen molar-refractivity contribution in [2.75, 3.05) is 6.61 Å². The Hall–Kier alpha value is -1.51. The zero-order valence-electron chi connectivity index (χ0n) is 13.5. The Morgan fingerprint density at radius 2 is 1.64 bits per heavy atom. The summed E-state index contributed by atoms with van der Waals surface area (Å²) in [6.45, 7) is 7.15. The Morgan fingerprint density at radius 3 is 2.18 bits per heavy atom. The summed E-state index contributed by atoms with van der Waals surface area (Å²) in [4.78, 5) is 0. The van der Waals surface area contributed by atoms with Crippen molar-refractivity contribution >= 4 is 11.6 Å². The van der Waals surface area contributed by atoms with Gasteiger partial charge in [-0.1, -0.05) is 56.6 Å². The van der Waals surface area contributed by atoms with Gasteiger partial charge in [0.05, 0.1) is 6.04 Å². The van der Waals surface area contributed by atoms with Gasteiger partial charge in [-0.2, -0.15) is 0 Å². The molecule has 2 aromatic rings. The molecule has 0 aromatic heterocycles. The fourth-order valence-corrected chi connectivity index (χ4v) is 2.32. The topological polar surface area (TPSA) is 35.2 Å². The van der Waals surface area contributed by atoms with Crippen LogP contribution in [0.2, 0.25) is 5.02 Å². The standard InChI is InChI=1S/C19H24ClNO/c1-4-19(2,3)15-7-11-17(12-8-15)22-13-18(21)14-5-9-16(20)10-6-14/h5-12,18H,4,13,21H2,1-3H3. The molecular weight excluding hydrogens is 294 g/mol. The van der Waals surface area contributed by atoms with Crippen LogP contribution in [-0.4, -0.2) is 6.61 Å². The molecule has 0 aliphatic rings. The number of hydrogen-bond donors (Lipinski definition) is 1. The third-order valence-electron chi connectivity index (χ3n) is 4.25. The minimum absolute atomic E-state index is 0.163. The van der Waals surface area contributed by atoms with Gasteiger partial charge in [-0.15, -0.1) is 0 Å². The molecule has 0 aliphatic carbocycles. The first-order valence-electron chi connectivity index (χ1n) is 7.67. The van der Waals surface area contributed by atoms with Crippen molar-refractivity contribution in [2.24, 2.45) is 5.73 Å². The normalized spacial score (nSPS) is 13.0. The summed E-state index contributed by atoms with van der Waals surface area (Å²) in [6, 6.07) is 15.7. The molecule has 0 saturated carbocycles. The van der Waals surface area contributed by atoms with Crippen LogP contribution in [0.1, 0.15) is 44.4 Å². The van der Waals surface area contributed by atoms with Crippen LogP contribution in [0.4, 0.5) is 0 Å². The highest BCUT2D eigenvalue weighted by Gasteiger charge is 2.17. The van der Waals surface area contributed by atoms with E-state index in [0.717, 1.165) is 17.7 Å². The molecular formula is C19H24ClNO. The maximum Gasteiger partial charge on any atom is 0.119 e. The first-order chi connectivity index (χ1) is 10.4. The first kappa shape index (κ1) is 16.9. The third kappa shape index (κ3) is 4.25. The first-order valence-corrected chi connectivity index (χ1v) is 8.04. The molecule has 0 radical (unpaired) electrons. The summed E-state index contributed by atoms with van der Waals surface area (Å²) >= 11 is 5.88. The number of hydrogen-bond acceptors (Lipinski definition) is 2. The van der Waals surface area contributed by atoms with Gasteiger partial charge < -0.3 is 10.5 Å². The fourth-order valence-electron chi connectivity index (χ4n) is 2.20. The van der Waals surface area contributed by atoms with E-state index >= 15 is 0 Å². The van der Waals surface area contributed by atoms with Crippen LogP contribution >= 0.6 is 11.6 Å². The Kier molecular flexibility index (Phi) is 5.49. The molecule has 0 bridgehead atoms. The van der Waals surface area contributed by atoms with E-state index < -0.39 is 0 Å². The minimum Gasteiger partial charge on any atom is -0.492 e. The quantitative estimate of drug-likeness (QED) is 0.803. The highest BCUT2D eigenvalue weighted by molar-refractivity contribution is 6.30. The number of halogens is 1. The Balaban J connectivity index is 1.95. The molecule has 0 amide bonds. The van der Waals surface area contributed by atoms with Crippen LogP contribution < -0.4 is 10.5 Å². The summed E-state index contributed by atoms with van der Waals surface area (Å²) in [5.74, 6) is 0.847. The smallest absolute Gasteiger partial charge is 0.119 e. The zero-order valence-corrected chi connectivity index (χ0v) is 14.2. The van der Waals surface area contributed by atoms with Gasteiger partial charge >= 0.3 is 0 Å². The van der Waals surface area contributed by atoms with Crippen molar-refractivity contribution in [2.45, 2.75) is 38.6 Å². The Labute approximate surface area is 138 Å². The lowest BCUT2D eigenvalue weighted by Crippen LogP contribution is -2.19. The summed E-state index contributed by atoms with van der Waals surface area (Å²) in [5.41, 5.74) is 8.68. The van der Waals surface area contributed by atoms with E-state index in [4.69, 9.17) is 22.1 Å². The summed E-state index contributed by atoms with van der Waals surface area (Å²) in [7, 11) is 0. The van der Waals surface area contributed by atoms with Gasteiger partial charge in [-0.05, 0) is 47.2 Å². The van der Waals surface area contributed by atoms with Crippen LogP contribution in [0, 0.1) is 0 Å². The van der Waals surface area contributed by atoms with Gasteiger partial charge in [0.25, 0.3) is 0 Å². The second kappa shape index (κ2) is 7.17. The lowest BCUT2D eigenvalue weighted by Gasteiger charge is -2.23. The third-order valence-corrected chi connectivity index (χ3v) is 4.50. The minimum atomic E-state index is -0.163. The van der Waals surface area contributed by atoms with E-state index in [2.05, 4.69) is 32.9 Å². The van der Waals surface area contributed by atoms with Crippen molar-refractivity contribution in [3.8, 4) is 5.75 Å². The molecule has 2 rings (SSSR count). The van der Waals surface area contributed by atoms with Crippen LogP contribution in [-0.2, 0) is 5.41 Å². The maximum absolute atomic E-state index is 6.15. The molecule has 3 heteroatoms. The highest BCUT2D eigenvalue weighted by Crippen LogP contribution is 2.28. The van der Waals surface area contributed by atoms with Crippen LogP contribution in [0.5, 0.6) is 5.75 Å². The zero-order chi connectivity index (χ0) is 16.2. The van der Waals surface area contributed by atoms with Crippen LogP contribution in [0.25, 0.3) is 0 Å². The second-order valence-corrected chi connectivity index (χ2v) is 6.67. The van der Waals surface area contributed by atoms with Crippen LogP contribution in [0.3, 0.4) is 0 Å². The lowest BCUT2D eigenvalue weighted by molar-refractivity contribution is 0.290. The summed E-state index contributed by atoms with van der Waals surface area (Å²) < 4.78 is 5.80. The number of rotatable bonds is 6. The Morgan fingerprint density at radius 1 is 1.05 bits per heavy atom. The SMILES string of the molecule is CCC(C)(C)c1ccc(OCC(N)c2ccc(Cl)cc2)cc1. The average molecular weight is 318 g/mol. The lowest BCUT2D eigenvalue weighted by atomic mass is 9.82. The van der Waals surface area contributed by atoms with E-state index in [0.29, 0.717) is 11.6 Å². The van der Waals surface area contributed by atoms with Gasteiger partial charge in [0.1, 0.15) is 12.4 Å². The predicted octanol–water partition coefficient (Wildman–Crippen LogP) is 5.11. The van der Waals surface area contributed by atoms with E-state index in [9.17, 15) is 0 Å². The molecule has 1 atom stereocenters. The fraction of sp³-hybridized carbons (Fsp3) is 0.368. The Bertz CT molecular complexity index is 590. The van der Waals surface area contributed by atoms with Crippen molar-refractivity contribution < 1.29 is 4.74 Å². The van der Waals surface area contributed by atoms with Crippen molar-refractivity contribution in [1.82, 2.24) is 0 Å². The summed E-state index contributed by atoms with van der Waals surface area (Å²) in [6.07, 6.45) is 1.11. The molecule has 22 heavy (non-hydrogen) atoms. The predicted molar refractivity (Wildman–Crippen MR) is 93.6 cm³/mol. The molecule has 0 heterocycles. The van der Waals surface area contributed by atoms with Gasteiger partial charge in [0.15, 0.2) is 0 Å². The monoisotopic (exact) mass is 317 g/mol. The number of ether oxygens (including phenoxy) is 1. The molecule has 2 N–H and O–H groups in total. The van der Waals surface area contributed by atoms with Crippen molar-refractivity contribution in [3.05, 3.63) is 64.7 Å². The molecule has 2 aromatic carbocycles. The van der Waals surface area contributed by atoms with Crippen molar-refractivity contribution in [1.29, 1.82) is 0 Å². The summed E-state index contributed by atoms with van der Waals surface area (Å²) in [5, 5.41) is 0.714. The number of benzene rings is 2. The molecule has 2 nitrogen and oxygen atoms in total. The van der Waals surface area contributed by atoms with Gasteiger partial charge in [0, 0.05) is 5.02 Å². The maximum atomic E-state index is 6.15. The molecule has 0 fully saturated rings. The van der Waals surface area contributed by atoms with E-state index in [1.165, 1.54) is 5.56 Å². The molecule has 118 valence electrons. The largest absolute Gasteiger partial charge is 0.492 e. The van der Waals surface area contributed by atoms with Crippen LogP contribution in [0.15, 0.2) is 48.5 Å². The average Bonchev–Trinajstić information content (AvgIpc) is 2.53. The van der Waals surface area contributed by atoms with E-state index in [1.54, 1.807) is 0 Å². The van der Waals surface area contributed by atoms with Crippen molar-refractivity contribution in [3.63, 3.8) is 0 Å². The number of nitrogens with two attached hydrogens (primary N) is 1. The van der Waals surface area contributed by atoms with E-state index in [-0.39, 0.29) is 11.5 Å². The highest BCUT2D eigenvalue weighted by atomic mass is 35.5. The van der Waals surface area contributed by atoms with E-state index in [1.807, 2.05) is 36.4 Å². The molecule has 0 aliphatic heterocycles. The molecule has 0 saturated heterocycles. The van der Waals surface area contributed by atoms with Gasteiger partial charge in [0.2, 0.25) is 0 Å². The molecule has 0 spiro atoms. The van der Waals surface area contributed by atoms with Gasteiger partial charge in [-0.25, -0.2) is 0 Å².